The topological polar surface area (TPSA) is 121 Å². The van der Waals surface area contributed by atoms with Crippen LogP contribution in [0, 0.1) is 0 Å². The number of H-pyrrole nitrogens is 1. The Morgan fingerprint density at radius 2 is 1.96 bits per heavy atom. The Labute approximate surface area is 159 Å². The molecule has 1 aliphatic heterocycles. The standard InChI is InChI=1S/C19H19N5O4/c1-11(16-13-5-2-3-6-14(13)17(25)21-20-16)18(26)23-7-4-8-24-12(10-23)9-15(22-24)19(27)28/h2-3,5-6,9,11H,4,7-8,10H2,1H3,(H,21,25)(H,27,28). The molecule has 0 radical (unpaired) electrons. The molecular weight excluding hydrogens is 362 g/mol. The first-order valence-electron chi connectivity index (χ1n) is 9.02. The van der Waals surface area contributed by atoms with Gasteiger partial charge < -0.3 is 10.0 Å². The van der Waals surface area contributed by atoms with E-state index in [9.17, 15) is 14.4 Å². The first-order chi connectivity index (χ1) is 13.5. The molecule has 1 aromatic carbocycles. The van der Waals surface area contributed by atoms with Crippen LogP contribution in [0.1, 0.15) is 41.1 Å². The number of aryl methyl sites for hydroxylation is 1. The highest BCUT2D eigenvalue weighted by atomic mass is 16.4. The van der Waals surface area contributed by atoms with Gasteiger partial charge in [-0.1, -0.05) is 18.2 Å². The number of hydrogen-bond donors (Lipinski definition) is 2. The van der Waals surface area contributed by atoms with E-state index in [2.05, 4.69) is 15.3 Å². The van der Waals surface area contributed by atoms with E-state index in [0.29, 0.717) is 41.7 Å². The Hall–Kier alpha value is -3.49. The molecule has 3 heterocycles. The van der Waals surface area contributed by atoms with E-state index >= 15 is 0 Å². The van der Waals surface area contributed by atoms with Crippen LogP contribution in [0.4, 0.5) is 0 Å². The fourth-order valence-corrected chi connectivity index (χ4v) is 3.61. The average Bonchev–Trinajstić information content (AvgIpc) is 2.99. The molecular formula is C19H19N5O4. The van der Waals surface area contributed by atoms with Gasteiger partial charge in [0.15, 0.2) is 5.69 Å². The molecule has 1 aliphatic rings. The van der Waals surface area contributed by atoms with Crippen molar-refractivity contribution >= 4 is 22.6 Å². The van der Waals surface area contributed by atoms with Gasteiger partial charge in [0, 0.05) is 18.5 Å². The number of fused-ring (bicyclic) bond motifs is 2. The van der Waals surface area contributed by atoms with Crippen molar-refractivity contribution in [3.63, 3.8) is 0 Å². The van der Waals surface area contributed by atoms with E-state index in [1.54, 1.807) is 34.7 Å². The number of aromatic nitrogens is 4. The number of carbonyl (C=O) groups is 2. The summed E-state index contributed by atoms with van der Waals surface area (Å²) in [7, 11) is 0. The zero-order valence-electron chi connectivity index (χ0n) is 15.3. The SMILES string of the molecule is CC(C(=O)N1CCCn2nc(C(=O)O)cc2C1)c1n[nH]c(=O)c2ccccc12. The zero-order chi connectivity index (χ0) is 19.8. The number of benzene rings is 1. The van der Waals surface area contributed by atoms with Gasteiger partial charge in [-0.25, -0.2) is 9.89 Å². The zero-order valence-corrected chi connectivity index (χ0v) is 15.3. The molecule has 4 rings (SSSR count). The van der Waals surface area contributed by atoms with Crippen LogP contribution in [-0.4, -0.2) is 48.4 Å². The molecule has 3 aromatic rings. The molecule has 9 heteroatoms. The summed E-state index contributed by atoms with van der Waals surface area (Å²) in [6.07, 6.45) is 0.673. The number of carboxylic acids is 1. The van der Waals surface area contributed by atoms with Gasteiger partial charge in [-0.15, -0.1) is 0 Å². The lowest BCUT2D eigenvalue weighted by atomic mass is 10.00. The molecule has 144 valence electrons. The van der Waals surface area contributed by atoms with Gasteiger partial charge in [-0.2, -0.15) is 10.2 Å². The second-order valence-corrected chi connectivity index (χ2v) is 6.87. The number of nitrogens with one attached hydrogen (secondary N) is 1. The number of rotatable bonds is 3. The first kappa shape index (κ1) is 17.9. The summed E-state index contributed by atoms with van der Waals surface area (Å²) in [5.41, 5.74) is 0.892. The predicted octanol–water partition coefficient (Wildman–Crippen LogP) is 1.35. The second kappa shape index (κ2) is 6.91. The van der Waals surface area contributed by atoms with Gasteiger partial charge >= 0.3 is 5.97 Å². The molecule has 2 aromatic heterocycles. The Kier molecular flexibility index (Phi) is 4.42. The lowest BCUT2D eigenvalue weighted by Crippen LogP contribution is -2.34. The Morgan fingerprint density at radius 3 is 2.71 bits per heavy atom. The fraction of sp³-hybridized carbons (Fsp3) is 0.316. The molecule has 0 saturated carbocycles. The molecule has 0 spiro atoms. The van der Waals surface area contributed by atoms with Crippen LogP contribution in [0.15, 0.2) is 35.1 Å². The molecule has 2 N–H and O–H groups in total. The minimum Gasteiger partial charge on any atom is -0.476 e. The fourth-order valence-electron chi connectivity index (χ4n) is 3.61. The molecule has 0 aliphatic carbocycles. The van der Waals surface area contributed by atoms with E-state index in [0.717, 1.165) is 0 Å². The molecule has 9 nitrogen and oxygen atoms in total. The highest BCUT2D eigenvalue weighted by molar-refractivity contribution is 5.91. The van der Waals surface area contributed by atoms with Crippen LogP contribution >= 0.6 is 0 Å². The van der Waals surface area contributed by atoms with Crippen molar-refractivity contribution in [1.82, 2.24) is 24.9 Å². The van der Waals surface area contributed by atoms with Crippen LogP contribution in [0.5, 0.6) is 0 Å². The molecule has 1 unspecified atom stereocenters. The number of aromatic amines is 1. The Morgan fingerprint density at radius 1 is 1.21 bits per heavy atom. The van der Waals surface area contributed by atoms with Gasteiger partial charge in [0.2, 0.25) is 5.91 Å². The molecule has 1 atom stereocenters. The summed E-state index contributed by atoms with van der Waals surface area (Å²) in [5, 5.41) is 21.0. The van der Waals surface area contributed by atoms with Crippen molar-refractivity contribution in [2.75, 3.05) is 6.54 Å². The van der Waals surface area contributed by atoms with Crippen molar-refractivity contribution in [1.29, 1.82) is 0 Å². The van der Waals surface area contributed by atoms with Gasteiger partial charge in [-0.05, 0) is 25.5 Å². The maximum absolute atomic E-state index is 13.2. The summed E-state index contributed by atoms with van der Waals surface area (Å²) in [5.74, 6) is -1.78. The molecule has 1 amide bonds. The number of carboxylic acid groups (broad SMARTS) is 1. The number of amides is 1. The monoisotopic (exact) mass is 381 g/mol. The molecule has 0 fully saturated rings. The van der Waals surface area contributed by atoms with E-state index in [1.807, 2.05) is 6.07 Å². The summed E-state index contributed by atoms with van der Waals surface area (Å²) >= 11 is 0. The van der Waals surface area contributed by atoms with E-state index in [4.69, 9.17) is 5.11 Å². The lowest BCUT2D eigenvalue weighted by molar-refractivity contribution is -0.133. The third-order valence-electron chi connectivity index (χ3n) is 5.05. The quantitative estimate of drug-likeness (QED) is 0.706. The van der Waals surface area contributed by atoms with Crippen molar-refractivity contribution in [2.45, 2.75) is 32.4 Å². The van der Waals surface area contributed by atoms with Crippen LogP contribution in [0.3, 0.4) is 0 Å². The first-order valence-corrected chi connectivity index (χ1v) is 9.02. The summed E-state index contributed by atoms with van der Waals surface area (Å²) in [4.78, 5) is 38.0. The minimum atomic E-state index is -1.09. The summed E-state index contributed by atoms with van der Waals surface area (Å²) < 4.78 is 1.65. The van der Waals surface area contributed by atoms with E-state index in [1.165, 1.54) is 6.07 Å². The third kappa shape index (κ3) is 3.04. The second-order valence-electron chi connectivity index (χ2n) is 6.87. The van der Waals surface area contributed by atoms with Gasteiger partial charge in [0.1, 0.15) is 0 Å². The summed E-state index contributed by atoms with van der Waals surface area (Å²) in [6.45, 7) is 3.14. The highest BCUT2D eigenvalue weighted by Gasteiger charge is 2.28. The highest BCUT2D eigenvalue weighted by Crippen LogP contribution is 2.24. The van der Waals surface area contributed by atoms with E-state index in [-0.39, 0.29) is 23.7 Å². The normalized spacial score (nSPS) is 15.1. The number of hydrogen-bond acceptors (Lipinski definition) is 5. The molecule has 0 saturated heterocycles. The lowest BCUT2D eigenvalue weighted by Gasteiger charge is -2.24. The van der Waals surface area contributed by atoms with Crippen molar-refractivity contribution in [3.05, 3.63) is 57.8 Å². The average molecular weight is 381 g/mol. The van der Waals surface area contributed by atoms with Gasteiger partial charge in [-0.3, -0.25) is 14.3 Å². The van der Waals surface area contributed by atoms with Crippen molar-refractivity contribution < 1.29 is 14.7 Å². The number of aromatic carboxylic acids is 1. The molecule has 28 heavy (non-hydrogen) atoms. The largest absolute Gasteiger partial charge is 0.476 e. The van der Waals surface area contributed by atoms with Crippen LogP contribution in [-0.2, 0) is 17.9 Å². The van der Waals surface area contributed by atoms with E-state index < -0.39 is 11.9 Å². The number of nitrogens with zero attached hydrogens (tertiary/aromatic N) is 4. The Bertz CT molecular complexity index is 1130. The van der Waals surface area contributed by atoms with Crippen LogP contribution < -0.4 is 5.56 Å². The van der Waals surface area contributed by atoms with Crippen molar-refractivity contribution in [3.8, 4) is 0 Å². The van der Waals surface area contributed by atoms with Crippen LogP contribution in [0.25, 0.3) is 10.8 Å². The molecule has 0 bridgehead atoms. The predicted molar refractivity (Wildman–Crippen MR) is 100.0 cm³/mol. The maximum Gasteiger partial charge on any atom is 0.356 e. The smallest absolute Gasteiger partial charge is 0.356 e. The number of carbonyl (C=O) groups excluding carboxylic acids is 1. The van der Waals surface area contributed by atoms with Gasteiger partial charge in [0.05, 0.1) is 29.2 Å². The third-order valence-corrected chi connectivity index (χ3v) is 5.05. The van der Waals surface area contributed by atoms with Gasteiger partial charge in [0.25, 0.3) is 5.56 Å². The Balaban J connectivity index is 1.65. The maximum atomic E-state index is 13.2. The van der Waals surface area contributed by atoms with Crippen LogP contribution in [0.2, 0.25) is 0 Å². The summed E-state index contributed by atoms with van der Waals surface area (Å²) in [6, 6.07) is 8.57. The minimum absolute atomic E-state index is 0.0226. The van der Waals surface area contributed by atoms with Crippen molar-refractivity contribution in [2.24, 2.45) is 0 Å².